The third-order valence-corrected chi connectivity index (χ3v) is 5.36. The van der Waals surface area contributed by atoms with Gasteiger partial charge in [0.15, 0.2) is 0 Å². The summed E-state index contributed by atoms with van der Waals surface area (Å²) in [6.45, 7) is 2.29. The van der Waals surface area contributed by atoms with Crippen molar-refractivity contribution in [1.29, 1.82) is 0 Å². The van der Waals surface area contributed by atoms with E-state index in [1.807, 2.05) is 12.1 Å². The maximum atomic E-state index is 11.0. The molecule has 2 nitrogen and oxygen atoms in total. The highest BCUT2D eigenvalue weighted by atomic mass is 31.1. The van der Waals surface area contributed by atoms with Gasteiger partial charge in [-0.1, -0.05) is 60.7 Å². The van der Waals surface area contributed by atoms with Gasteiger partial charge < -0.3 is 5.32 Å². The molecule has 19 heavy (non-hydrogen) atoms. The highest BCUT2D eigenvalue weighted by Gasteiger charge is 2.12. The lowest BCUT2D eigenvalue weighted by Crippen LogP contribution is -2.26. The summed E-state index contributed by atoms with van der Waals surface area (Å²) in [5.41, 5.74) is 0. The highest BCUT2D eigenvalue weighted by molar-refractivity contribution is 7.73. The van der Waals surface area contributed by atoms with Gasteiger partial charge in [0, 0.05) is 13.5 Å². The van der Waals surface area contributed by atoms with E-state index in [1.54, 1.807) is 6.92 Å². The topological polar surface area (TPSA) is 29.1 Å². The van der Waals surface area contributed by atoms with Crippen molar-refractivity contribution in [2.45, 2.75) is 6.92 Å². The summed E-state index contributed by atoms with van der Waals surface area (Å²) in [6.07, 6.45) is 0.975. The number of carbonyl (C=O) groups is 1. The molecular formula is C16H18NOP. The van der Waals surface area contributed by atoms with Crippen LogP contribution in [0, 0.1) is 0 Å². The second kappa shape index (κ2) is 7.06. The van der Waals surface area contributed by atoms with Crippen LogP contribution in [0.15, 0.2) is 60.7 Å². The van der Waals surface area contributed by atoms with Crippen LogP contribution in [0.1, 0.15) is 6.92 Å². The fraction of sp³-hybridized carbons (Fsp3) is 0.188. The van der Waals surface area contributed by atoms with Gasteiger partial charge in [-0.2, -0.15) is 0 Å². The molecular weight excluding hydrogens is 253 g/mol. The van der Waals surface area contributed by atoms with Gasteiger partial charge in [-0.15, -0.1) is 0 Å². The third kappa shape index (κ3) is 4.18. The van der Waals surface area contributed by atoms with Crippen LogP contribution in [0.3, 0.4) is 0 Å². The van der Waals surface area contributed by atoms with Crippen molar-refractivity contribution in [3.05, 3.63) is 60.7 Å². The normalized spacial score (nSPS) is 10.4. The monoisotopic (exact) mass is 271 g/mol. The van der Waals surface area contributed by atoms with E-state index in [1.165, 1.54) is 10.6 Å². The Balaban J connectivity index is 2.17. The van der Waals surface area contributed by atoms with Crippen molar-refractivity contribution < 1.29 is 4.79 Å². The number of hydrogen-bond donors (Lipinski definition) is 1. The summed E-state index contributed by atoms with van der Waals surface area (Å²) in [5, 5.41) is 5.60. The molecule has 0 aliphatic carbocycles. The molecule has 0 aromatic heterocycles. The van der Waals surface area contributed by atoms with Crippen LogP contribution in [-0.4, -0.2) is 18.6 Å². The van der Waals surface area contributed by atoms with Gasteiger partial charge in [-0.25, -0.2) is 0 Å². The lowest BCUT2D eigenvalue weighted by molar-refractivity contribution is -0.118. The summed E-state index contributed by atoms with van der Waals surface area (Å²) in [6, 6.07) is 21.1. The average Bonchev–Trinajstić information content (AvgIpc) is 2.45. The Kier molecular flexibility index (Phi) is 5.11. The molecule has 0 aliphatic rings. The van der Waals surface area contributed by atoms with Crippen LogP contribution in [0.5, 0.6) is 0 Å². The number of carbonyl (C=O) groups excluding carboxylic acids is 1. The van der Waals surface area contributed by atoms with Crippen molar-refractivity contribution in [2.24, 2.45) is 0 Å². The molecule has 1 amide bonds. The Labute approximate surface area is 115 Å². The van der Waals surface area contributed by atoms with Gasteiger partial charge in [0.2, 0.25) is 5.91 Å². The predicted molar refractivity (Wildman–Crippen MR) is 82.6 cm³/mol. The Bertz CT molecular complexity index is 473. The summed E-state index contributed by atoms with van der Waals surface area (Å²) in [5.74, 6) is 0.0380. The second-order valence-corrected chi connectivity index (χ2v) is 6.64. The molecule has 0 saturated heterocycles. The van der Waals surface area contributed by atoms with Gasteiger partial charge in [0.25, 0.3) is 0 Å². The molecule has 1 N–H and O–H groups in total. The summed E-state index contributed by atoms with van der Waals surface area (Å²) in [4.78, 5) is 11.0. The first-order chi connectivity index (χ1) is 9.27. The smallest absolute Gasteiger partial charge is 0.216 e. The summed E-state index contributed by atoms with van der Waals surface area (Å²) in [7, 11) is -0.396. The van der Waals surface area contributed by atoms with E-state index in [0.717, 1.165) is 12.7 Å². The van der Waals surface area contributed by atoms with Gasteiger partial charge in [0.05, 0.1) is 0 Å². The maximum Gasteiger partial charge on any atom is 0.216 e. The molecule has 2 aromatic rings. The molecule has 0 saturated carbocycles. The number of nitrogens with one attached hydrogen (secondary N) is 1. The SMILES string of the molecule is CC(=O)NCCP(c1ccccc1)c1ccccc1. The molecule has 0 aliphatic heterocycles. The largest absolute Gasteiger partial charge is 0.356 e. The number of rotatable bonds is 5. The average molecular weight is 271 g/mol. The zero-order chi connectivity index (χ0) is 13.5. The van der Waals surface area contributed by atoms with Crippen molar-refractivity contribution in [1.82, 2.24) is 5.32 Å². The molecule has 0 spiro atoms. The zero-order valence-electron chi connectivity index (χ0n) is 11.0. The number of amides is 1. The highest BCUT2D eigenvalue weighted by Crippen LogP contribution is 2.32. The van der Waals surface area contributed by atoms with Crippen LogP contribution in [0.4, 0.5) is 0 Å². The maximum absolute atomic E-state index is 11.0. The molecule has 2 aromatic carbocycles. The summed E-state index contributed by atoms with van der Waals surface area (Å²) >= 11 is 0. The Morgan fingerprint density at radius 3 is 1.84 bits per heavy atom. The van der Waals surface area contributed by atoms with E-state index in [0.29, 0.717) is 0 Å². The fourth-order valence-corrected chi connectivity index (χ4v) is 4.18. The molecule has 0 fully saturated rings. The number of benzene rings is 2. The lowest BCUT2D eigenvalue weighted by Gasteiger charge is -2.18. The number of hydrogen-bond acceptors (Lipinski definition) is 1. The van der Waals surface area contributed by atoms with E-state index < -0.39 is 7.92 Å². The van der Waals surface area contributed by atoms with Crippen molar-refractivity contribution >= 4 is 24.4 Å². The molecule has 0 bridgehead atoms. The van der Waals surface area contributed by atoms with E-state index in [-0.39, 0.29) is 5.91 Å². The molecule has 3 heteroatoms. The van der Waals surface area contributed by atoms with Crippen molar-refractivity contribution in [3.63, 3.8) is 0 Å². The molecule has 2 rings (SSSR count). The van der Waals surface area contributed by atoms with E-state index >= 15 is 0 Å². The van der Waals surface area contributed by atoms with Crippen molar-refractivity contribution in [3.8, 4) is 0 Å². The van der Waals surface area contributed by atoms with Crippen LogP contribution in [0.2, 0.25) is 0 Å². The van der Waals surface area contributed by atoms with Crippen molar-refractivity contribution in [2.75, 3.05) is 12.7 Å². The Hall–Kier alpha value is -1.66. The zero-order valence-corrected chi connectivity index (χ0v) is 11.9. The first kappa shape index (κ1) is 13.8. The van der Waals surface area contributed by atoms with E-state index in [9.17, 15) is 4.79 Å². The predicted octanol–water partition coefficient (Wildman–Crippen LogP) is 2.26. The standard InChI is InChI=1S/C16H18NOP/c1-14(18)17-12-13-19(15-8-4-2-5-9-15)16-10-6-3-7-11-16/h2-11H,12-13H2,1H3,(H,17,18). The first-order valence-corrected chi connectivity index (χ1v) is 7.92. The quantitative estimate of drug-likeness (QED) is 0.830. The second-order valence-electron chi connectivity index (χ2n) is 4.31. The molecule has 0 unspecified atom stereocenters. The molecule has 98 valence electrons. The fourth-order valence-electron chi connectivity index (χ4n) is 1.97. The third-order valence-electron chi connectivity index (χ3n) is 2.85. The van der Waals surface area contributed by atoms with Gasteiger partial charge >= 0.3 is 0 Å². The molecule has 0 atom stereocenters. The lowest BCUT2D eigenvalue weighted by atomic mass is 10.4. The summed E-state index contributed by atoms with van der Waals surface area (Å²) < 4.78 is 0. The van der Waals surface area contributed by atoms with Gasteiger partial charge in [-0.3, -0.25) is 4.79 Å². The van der Waals surface area contributed by atoms with Crippen LogP contribution in [-0.2, 0) is 4.79 Å². The van der Waals surface area contributed by atoms with Crippen LogP contribution < -0.4 is 15.9 Å². The molecule has 0 heterocycles. The van der Waals surface area contributed by atoms with Gasteiger partial charge in [0.1, 0.15) is 0 Å². The van der Waals surface area contributed by atoms with E-state index in [4.69, 9.17) is 0 Å². The minimum absolute atomic E-state index is 0.0380. The van der Waals surface area contributed by atoms with Crippen LogP contribution in [0.25, 0.3) is 0 Å². The van der Waals surface area contributed by atoms with Gasteiger partial charge in [-0.05, 0) is 24.7 Å². The first-order valence-electron chi connectivity index (χ1n) is 6.39. The van der Waals surface area contributed by atoms with Crippen LogP contribution >= 0.6 is 7.92 Å². The van der Waals surface area contributed by atoms with E-state index in [2.05, 4.69) is 53.8 Å². The Morgan fingerprint density at radius 1 is 0.947 bits per heavy atom. The minimum Gasteiger partial charge on any atom is -0.356 e. The minimum atomic E-state index is -0.396. The molecule has 0 radical (unpaired) electrons. The Morgan fingerprint density at radius 2 is 1.42 bits per heavy atom.